The van der Waals surface area contributed by atoms with Crippen molar-refractivity contribution in [2.75, 3.05) is 0 Å². The van der Waals surface area contributed by atoms with Gasteiger partial charge in [0.25, 0.3) is 0 Å². The van der Waals surface area contributed by atoms with Crippen LogP contribution in [0.15, 0.2) is 127 Å². The van der Waals surface area contributed by atoms with Crippen molar-refractivity contribution in [1.82, 2.24) is 4.57 Å². The SMILES string of the molecule is c1ccc2c(c1)c1cccc3c4ccc(-n5c6ccccc6c6ccccc65)cc4c4cccc2c4c13. The van der Waals surface area contributed by atoms with Gasteiger partial charge in [0, 0.05) is 16.5 Å². The fourth-order valence-electron chi connectivity index (χ4n) is 6.82. The van der Waals surface area contributed by atoms with Gasteiger partial charge in [-0.15, -0.1) is 0 Å². The van der Waals surface area contributed by atoms with Gasteiger partial charge in [0.2, 0.25) is 0 Å². The van der Waals surface area contributed by atoms with Crippen LogP contribution in [-0.2, 0) is 0 Å². The summed E-state index contributed by atoms with van der Waals surface area (Å²) in [6, 6.07) is 47.0. The molecule has 170 valence electrons. The number of aromatic nitrogens is 1. The Morgan fingerprint density at radius 3 is 1.24 bits per heavy atom. The van der Waals surface area contributed by atoms with E-state index in [-0.39, 0.29) is 0 Å². The molecule has 0 bridgehead atoms. The third-order valence-corrected chi connectivity index (χ3v) is 8.31. The Hall–Kier alpha value is -4.88. The summed E-state index contributed by atoms with van der Waals surface area (Å²) < 4.78 is 2.42. The Bertz CT molecular complexity index is 2300. The van der Waals surface area contributed by atoms with Crippen LogP contribution in [0.1, 0.15) is 0 Å². The molecule has 8 aromatic carbocycles. The first kappa shape index (κ1) is 19.3. The minimum Gasteiger partial charge on any atom is -0.309 e. The zero-order valence-electron chi connectivity index (χ0n) is 20.1. The number of rotatable bonds is 1. The Labute approximate surface area is 213 Å². The van der Waals surface area contributed by atoms with E-state index in [0.717, 1.165) is 0 Å². The normalized spacial score (nSPS) is 12.3. The van der Waals surface area contributed by atoms with Crippen LogP contribution >= 0.6 is 0 Å². The molecule has 9 rings (SSSR count). The molecule has 0 N–H and O–H groups in total. The van der Waals surface area contributed by atoms with E-state index in [1.807, 2.05) is 0 Å². The van der Waals surface area contributed by atoms with Crippen LogP contribution in [0.4, 0.5) is 0 Å². The maximum Gasteiger partial charge on any atom is 0.0541 e. The molecule has 0 unspecified atom stereocenters. The standard InChI is InChI=1S/C36H21N/c1-2-10-24-23(9-1)28-13-7-15-30-25-20-19-22(21-32(25)31-16-8-14-29(24)36(31)35(28)30)37-33-17-5-3-11-26(33)27-12-4-6-18-34(27)37/h1-21H. The highest BCUT2D eigenvalue weighted by Gasteiger charge is 2.18. The maximum absolute atomic E-state index is 2.42. The quantitative estimate of drug-likeness (QED) is 0.167. The van der Waals surface area contributed by atoms with Crippen LogP contribution in [0.2, 0.25) is 0 Å². The molecule has 0 aliphatic heterocycles. The summed E-state index contributed by atoms with van der Waals surface area (Å²) in [5.41, 5.74) is 3.68. The van der Waals surface area contributed by atoms with E-state index >= 15 is 0 Å². The molecule has 0 aliphatic rings. The molecular weight excluding hydrogens is 446 g/mol. The van der Waals surface area contributed by atoms with E-state index in [2.05, 4.69) is 132 Å². The molecule has 9 aromatic rings. The summed E-state index contributed by atoms with van der Waals surface area (Å²) in [6.07, 6.45) is 0. The topological polar surface area (TPSA) is 4.93 Å². The second-order valence-corrected chi connectivity index (χ2v) is 10.1. The van der Waals surface area contributed by atoms with Crippen molar-refractivity contribution in [3.8, 4) is 5.69 Å². The molecule has 1 heteroatoms. The smallest absolute Gasteiger partial charge is 0.0541 e. The first-order chi connectivity index (χ1) is 18.4. The molecule has 0 spiro atoms. The lowest BCUT2D eigenvalue weighted by molar-refractivity contribution is 1.19. The predicted molar refractivity (Wildman–Crippen MR) is 159 cm³/mol. The van der Waals surface area contributed by atoms with Gasteiger partial charge in [-0.25, -0.2) is 0 Å². The van der Waals surface area contributed by atoms with Crippen molar-refractivity contribution in [3.63, 3.8) is 0 Å². The van der Waals surface area contributed by atoms with Crippen LogP contribution < -0.4 is 0 Å². The van der Waals surface area contributed by atoms with Crippen molar-refractivity contribution in [2.24, 2.45) is 0 Å². The zero-order chi connectivity index (χ0) is 24.1. The Balaban J connectivity index is 1.50. The minimum absolute atomic E-state index is 1.20. The molecule has 0 saturated heterocycles. The highest BCUT2D eigenvalue weighted by Crippen LogP contribution is 2.45. The first-order valence-electron chi connectivity index (χ1n) is 12.9. The number of fused-ring (bicyclic) bond motifs is 9. The van der Waals surface area contributed by atoms with E-state index in [4.69, 9.17) is 0 Å². The predicted octanol–water partition coefficient (Wildman–Crippen LogP) is 9.99. The second kappa shape index (κ2) is 6.87. The van der Waals surface area contributed by atoms with Gasteiger partial charge in [-0.3, -0.25) is 0 Å². The van der Waals surface area contributed by atoms with Gasteiger partial charge in [0.15, 0.2) is 0 Å². The molecule has 0 fully saturated rings. The van der Waals surface area contributed by atoms with Crippen molar-refractivity contribution in [2.45, 2.75) is 0 Å². The average Bonchev–Trinajstić information content (AvgIpc) is 3.31. The largest absolute Gasteiger partial charge is 0.309 e. The first-order valence-corrected chi connectivity index (χ1v) is 12.9. The number of para-hydroxylation sites is 2. The van der Waals surface area contributed by atoms with Crippen molar-refractivity contribution >= 4 is 75.7 Å². The maximum atomic E-state index is 2.42. The summed E-state index contributed by atoms with van der Waals surface area (Å²) in [5.74, 6) is 0. The number of nitrogens with zero attached hydrogens (tertiary/aromatic N) is 1. The van der Waals surface area contributed by atoms with E-state index in [1.165, 1.54) is 81.4 Å². The van der Waals surface area contributed by atoms with Crippen LogP contribution in [0.3, 0.4) is 0 Å². The highest BCUT2D eigenvalue weighted by atomic mass is 15.0. The lowest BCUT2D eigenvalue weighted by Crippen LogP contribution is -1.95. The number of hydrogen-bond donors (Lipinski definition) is 0. The number of hydrogen-bond acceptors (Lipinski definition) is 0. The average molecular weight is 468 g/mol. The summed E-state index contributed by atoms with van der Waals surface area (Å²) in [5, 5.41) is 15.9. The highest BCUT2D eigenvalue weighted by molar-refractivity contribution is 6.40. The monoisotopic (exact) mass is 467 g/mol. The van der Waals surface area contributed by atoms with Crippen molar-refractivity contribution in [1.29, 1.82) is 0 Å². The second-order valence-electron chi connectivity index (χ2n) is 10.1. The van der Waals surface area contributed by atoms with Gasteiger partial charge in [-0.1, -0.05) is 103 Å². The zero-order valence-corrected chi connectivity index (χ0v) is 20.1. The molecule has 1 aromatic heterocycles. The minimum atomic E-state index is 1.20. The molecule has 1 nitrogen and oxygen atoms in total. The van der Waals surface area contributed by atoms with Crippen molar-refractivity contribution in [3.05, 3.63) is 127 Å². The van der Waals surface area contributed by atoms with Gasteiger partial charge >= 0.3 is 0 Å². The summed E-state index contributed by atoms with van der Waals surface area (Å²) in [6.45, 7) is 0. The van der Waals surface area contributed by atoms with E-state index < -0.39 is 0 Å². The van der Waals surface area contributed by atoms with Gasteiger partial charge in [0.05, 0.1) is 11.0 Å². The van der Waals surface area contributed by atoms with E-state index in [0.29, 0.717) is 0 Å². The lowest BCUT2D eigenvalue weighted by Gasteiger charge is -2.18. The van der Waals surface area contributed by atoms with Crippen LogP contribution in [0, 0.1) is 0 Å². The fraction of sp³-hybridized carbons (Fsp3) is 0. The summed E-state index contributed by atoms with van der Waals surface area (Å²) >= 11 is 0. The van der Waals surface area contributed by atoms with Crippen LogP contribution in [0.25, 0.3) is 81.4 Å². The molecule has 0 amide bonds. The molecule has 0 saturated carbocycles. The van der Waals surface area contributed by atoms with E-state index in [1.54, 1.807) is 0 Å². The third-order valence-electron chi connectivity index (χ3n) is 8.31. The molecular formula is C36H21N. The Morgan fingerprint density at radius 1 is 0.297 bits per heavy atom. The van der Waals surface area contributed by atoms with Gasteiger partial charge in [-0.2, -0.15) is 0 Å². The summed E-state index contributed by atoms with van der Waals surface area (Å²) in [4.78, 5) is 0. The molecule has 37 heavy (non-hydrogen) atoms. The molecule has 0 atom stereocenters. The van der Waals surface area contributed by atoms with Gasteiger partial charge < -0.3 is 4.57 Å². The van der Waals surface area contributed by atoms with Crippen LogP contribution in [0.5, 0.6) is 0 Å². The number of benzene rings is 8. The Morgan fingerprint density at radius 2 is 0.703 bits per heavy atom. The van der Waals surface area contributed by atoms with Gasteiger partial charge in [-0.05, 0) is 78.1 Å². The molecule has 0 aliphatic carbocycles. The molecule has 1 heterocycles. The van der Waals surface area contributed by atoms with Crippen LogP contribution in [-0.4, -0.2) is 4.57 Å². The van der Waals surface area contributed by atoms with Gasteiger partial charge in [0.1, 0.15) is 0 Å². The summed E-state index contributed by atoms with van der Waals surface area (Å²) in [7, 11) is 0. The van der Waals surface area contributed by atoms with E-state index in [9.17, 15) is 0 Å². The third kappa shape index (κ3) is 2.39. The Kier molecular flexibility index (Phi) is 3.59. The van der Waals surface area contributed by atoms with Crippen molar-refractivity contribution < 1.29 is 0 Å². The molecule has 0 radical (unpaired) electrons. The lowest BCUT2D eigenvalue weighted by atomic mass is 9.86. The fourth-order valence-corrected chi connectivity index (χ4v) is 6.82.